The van der Waals surface area contributed by atoms with Crippen molar-refractivity contribution in [1.82, 2.24) is 10.3 Å². The van der Waals surface area contributed by atoms with E-state index in [1.165, 1.54) is 11.4 Å². The number of amides is 2. The van der Waals surface area contributed by atoms with E-state index in [4.69, 9.17) is 5.11 Å². The Morgan fingerprint density at radius 3 is 2.85 bits per heavy atom. The molecule has 0 unspecified atom stereocenters. The summed E-state index contributed by atoms with van der Waals surface area (Å²) in [4.78, 5) is 22.7. The first-order valence-corrected chi connectivity index (χ1v) is 10.7. The number of aliphatic carboxylic acids is 1. The molecule has 3 rings (SSSR count). The quantitative estimate of drug-likeness (QED) is 0.442. The number of hydrogen-bond donors (Lipinski definition) is 3. The van der Waals surface area contributed by atoms with Gasteiger partial charge in [0.05, 0.1) is 18.4 Å². The van der Waals surface area contributed by atoms with E-state index in [1.54, 1.807) is 18.0 Å². The number of carbonyl (C=O) groups is 2. The van der Waals surface area contributed by atoms with E-state index >= 15 is 0 Å². The normalized spacial score (nSPS) is 30.6. The summed E-state index contributed by atoms with van der Waals surface area (Å²) >= 11 is 1.64. The highest BCUT2D eigenvalue weighted by Crippen LogP contribution is 2.46. The van der Waals surface area contributed by atoms with E-state index in [0.717, 1.165) is 44.9 Å². The van der Waals surface area contributed by atoms with Crippen molar-refractivity contribution < 1.29 is 19.8 Å². The average molecular weight is 384 g/mol. The molecule has 8 heteroatoms. The second kappa shape index (κ2) is 8.61. The van der Waals surface area contributed by atoms with E-state index in [0.29, 0.717) is 12.2 Å². The number of carboxylic acids is 1. The SMILES string of the molecule is O=C(O)CCCS[C@@]12CCC[C@@H]1N(/N=C/[C@@H](O)C1CCCCC1)C(=O)N2. The molecule has 2 saturated carbocycles. The minimum absolute atomic E-state index is 0.0281. The second-order valence-electron chi connectivity index (χ2n) is 7.57. The molecule has 3 N–H and O–H groups in total. The van der Waals surface area contributed by atoms with Crippen molar-refractivity contribution in [2.45, 2.75) is 81.2 Å². The lowest BCUT2D eigenvalue weighted by molar-refractivity contribution is -0.137. The third-order valence-corrected chi connectivity index (χ3v) is 7.34. The molecule has 1 heterocycles. The maximum absolute atomic E-state index is 12.4. The summed E-state index contributed by atoms with van der Waals surface area (Å²) in [5, 5.41) is 28.1. The van der Waals surface area contributed by atoms with Crippen molar-refractivity contribution in [3.05, 3.63) is 0 Å². The molecule has 0 aromatic heterocycles. The minimum Gasteiger partial charge on any atom is -0.481 e. The molecular weight excluding hydrogens is 354 g/mol. The lowest BCUT2D eigenvalue weighted by Crippen LogP contribution is -2.42. The molecule has 0 aromatic carbocycles. The van der Waals surface area contributed by atoms with Gasteiger partial charge in [-0.15, -0.1) is 11.8 Å². The zero-order valence-electron chi connectivity index (χ0n) is 15.1. The summed E-state index contributed by atoms with van der Waals surface area (Å²) in [5.74, 6) is 0.159. The summed E-state index contributed by atoms with van der Waals surface area (Å²) in [6.45, 7) is 0. The van der Waals surface area contributed by atoms with Gasteiger partial charge < -0.3 is 15.5 Å². The summed E-state index contributed by atoms with van der Waals surface area (Å²) in [5.41, 5.74) is 0. The van der Waals surface area contributed by atoms with Crippen LogP contribution < -0.4 is 5.32 Å². The third kappa shape index (κ3) is 4.34. The number of aliphatic hydroxyl groups excluding tert-OH is 1. The van der Waals surface area contributed by atoms with Gasteiger partial charge in [-0.05, 0) is 50.2 Å². The van der Waals surface area contributed by atoms with E-state index in [9.17, 15) is 14.7 Å². The molecule has 146 valence electrons. The Bertz CT molecular complexity index is 553. The van der Waals surface area contributed by atoms with Crippen molar-refractivity contribution in [1.29, 1.82) is 0 Å². The molecule has 3 atom stereocenters. The Labute approximate surface area is 158 Å². The predicted molar refractivity (Wildman–Crippen MR) is 101 cm³/mol. The van der Waals surface area contributed by atoms with Crippen LogP contribution in [0.4, 0.5) is 4.79 Å². The fourth-order valence-electron chi connectivity index (χ4n) is 4.36. The van der Waals surface area contributed by atoms with Gasteiger partial charge in [0.15, 0.2) is 0 Å². The Hall–Kier alpha value is -1.28. The smallest absolute Gasteiger partial charge is 0.339 e. The van der Waals surface area contributed by atoms with Crippen LogP contribution in [0.25, 0.3) is 0 Å². The maximum Gasteiger partial charge on any atom is 0.339 e. The standard InChI is InChI=1S/C18H29N3O4S/c22-14(13-6-2-1-3-7-13)12-19-21-15-8-4-10-18(15,20-17(21)25)26-11-5-9-16(23)24/h12-15,22H,1-11H2,(H,20,25)(H,23,24)/b19-12+/t14-,15+,18+/m1/s1. The van der Waals surface area contributed by atoms with Gasteiger partial charge in [-0.2, -0.15) is 5.10 Å². The van der Waals surface area contributed by atoms with E-state index < -0.39 is 12.1 Å². The number of hydrogen-bond acceptors (Lipinski definition) is 5. The second-order valence-corrected chi connectivity index (χ2v) is 9.00. The van der Waals surface area contributed by atoms with Crippen molar-refractivity contribution in [2.24, 2.45) is 11.0 Å². The van der Waals surface area contributed by atoms with Crippen LogP contribution in [0.5, 0.6) is 0 Å². The number of hydrazone groups is 1. The molecule has 3 aliphatic rings. The van der Waals surface area contributed by atoms with Gasteiger partial charge in [0.1, 0.15) is 4.87 Å². The highest BCUT2D eigenvalue weighted by atomic mass is 32.2. The van der Waals surface area contributed by atoms with Gasteiger partial charge in [-0.1, -0.05) is 19.3 Å². The highest BCUT2D eigenvalue weighted by molar-refractivity contribution is 8.00. The average Bonchev–Trinajstić information content (AvgIpc) is 3.13. The van der Waals surface area contributed by atoms with E-state index in [-0.39, 0.29) is 29.3 Å². The summed E-state index contributed by atoms with van der Waals surface area (Å²) in [6.07, 6.45) is 10.0. The van der Waals surface area contributed by atoms with Crippen molar-refractivity contribution >= 4 is 30.0 Å². The van der Waals surface area contributed by atoms with Gasteiger partial charge in [0.2, 0.25) is 0 Å². The summed E-state index contributed by atoms with van der Waals surface area (Å²) in [7, 11) is 0. The number of nitrogens with one attached hydrogen (secondary N) is 1. The van der Waals surface area contributed by atoms with Gasteiger partial charge in [-0.3, -0.25) is 4.79 Å². The van der Waals surface area contributed by atoms with Crippen molar-refractivity contribution in [3.63, 3.8) is 0 Å². The molecule has 1 aliphatic heterocycles. The van der Waals surface area contributed by atoms with E-state index in [2.05, 4.69) is 10.4 Å². The number of aliphatic hydroxyl groups is 1. The number of nitrogens with zero attached hydrogens (tertiary/aromatic N) is 2. The molecule has 0 radical (unpaired) electrons. The summed E-state index contributed by atoms with van der Waals surface area (Å²) < 4.78 is 0. The van der Waals surface area contributed by atoms with Crippen LogP contribution in [0.3, 0.4) is 0 Å². The lowest BCUT2D eigenvalue weighted by Gasteiger charge is -2.28. The maximum atomic E-state index is 12.4. The first-order chi connectivity index (χ1) is 12.5. The predicted octanol–water partition coefficient (Wildman–Crippen LogP) is 2.79. The molecule has 3 fully saturated rings. The third-order valence-electron chi connectivity index (χ3n) is 5.76. The molecular formula is C18H29N3O4S. The van der Waals surface area contributed by atoms with Gasteiger partial charge in [0, 0.05) is 6.42 Å². The Morgan fingerprint density at radius 1 is 1.35 bits per heavy atom. The van der Waals surface area contributed by atoms with Crippen LogP contribution in [0.15, 0.2) is 5.10 Å². The number of urea groups is 1. The minimum atomic E-state index is -0.788. The molecule has 26 heavy (non-hydrogen) atoms. The molecule has 0 aromatic rings. The van der Waals surface area contributed by atoms with Crippen LogP contribution in [0, 0.1) is 5.92 Å². The molecule has 7 nitrogen and oxygen atoms in total. The van der Waals surface area contributed by atoms with Crippen LogP contribution in [-0.4, -0.2) is 56.2 Å². The van der Waals surface area contributed by atoms with Crippen LogP contribution in [-0.2, 0) is 4.79 Å². The zero-order valence-corrected chi connectivity index (χ0v) is 15.9. The van der Waals surface area contributed by atoms with Crippen LogP contribution in [0.1, 0.15) is 64.2 Å². The van der Waals surface area contributed by atoms with Crippen molar-refractivity contribution in [2.75, 3.05) is 5.75 Å². The number of thioether (sulfide) groups is 1. The molecule has 2 amide bonds. The summed E-state index contributed by atoms with van der Waals surface area (Å²) in [6, 6.07) is -0.243. The van der Waals surface area contributed by atoms with Gasteiger partial charge in [-0.25, -0.2) is 9.80 Å². The Morgan fingerprint density at radius 2 is 2.12 bits per heavy atom. The molecule has 0 bridgehead atoms. The first kappa shape index (κ1) is 19.5. The molecule has 0 spiro atoms. The number of rotatable bonds is 8. The molecule has 2 aliphatic carbocycles. The molecule has 1 saturated heterocycles. The largest absolute Gasteiger partial charge is 0.481 e. The van der Waals surface area contributed by atoms with Gasteiger partial charge >= 0.3 is 12.0 Å². The Balaban J connectivity index is 1.59. The van der Waals surface area contributed by atoms with Crippen LogP contribution >= 0.6 is 11.8 Å². The van der Waals surface area contributed by atoms with Crippen LogP contribution in [0.2, 0.25) is 0 Å². The van der Waals surface area contributed by atoms with Gasteiger partial charge in [0.25, 0.3) is 0 Å². The number of carboxylic acid groups (broad SMARTS) is 1. The van der Waals surface area contributed by atoms with E-state index in [1.807, 2.05) is 0 Å². The topological polar surface area (TPSA) is 102 Å². The number of fused-ring (bicyclic) bond motifs is 1. The number of carbonyl (C=O) groups excluding carboxylic acids is 1. The zero-order chi connectivity index (χ0) is 18.6. The monoisotopic (exact) mass is 383 g/mol. The lowest BCUT2D eigenvalue weighted by atomic mass is 9.86. The highest BCUT2D eigenvalue weighted by Gasteiger charge is 2.54. The Kier molecular flexibility index (Phi) is 6.45. The van der Waals surface area contributed by atoms with Crippen molar-refractivity contribution in [3.8, 4) is 0 Å². The first-order valence-electron chi connectivity index (χ1n) is 9.71. The fraction of sp³-hybridized carbons (Fsp3) is 0.833. The fourth-order valence-corrected chi connectivity index (χ4v) is 5.87.